The smallest absolute Gasteiger partial charge is 0.115 e. The van der Waals surface area contributed by atoms with E-state index in [-0.39, 0.29) is 11.9 Å². The van der Waals surface area contributed by atoms with Gasteiger partial charge in [0.2, 0.25) is 0 Å². The van der Waals surface area contributed by atoms with Crippen molar-refractivity contribution in [3.63, 3.8) is 0 Å². The highest BCUT2D eigenvalue weighted by atomic mass is 16.5. The zero-order valence-corrected chi connectivity index (χ0v) is 11.4. The maximum absolute atomic E-state index is 9.56. The van der Waals surface area contributed by atoms with Crippen molar-refractivity contribution < 1.29 is 9.84 Å². The molecule has 1 aliphatic rings. The summed E-state index contributed by atoms with van der Waals surface area (Å²) in [6.45, 7) is 3.12. The van der Waals surface area contributed by atoms with E-state index >= 15 is 0 Å². The lowest BCUT2D eigenvalue weighted by atomic mass is 10.1. The molecule has 0 aliphatic carbocycles. The Hall–Kier alpha value is -1.92. The predicted molar refractivity (Wildman–Crippen MR) is 73.1 cm³/mol. The number of phenols is 1. The molecule has 0 radical (unpaired) electrons. The third-order valence-electron chi connectivity index (χ3n) is 3.43. The number of nitrogens with zero attached hydrogens (tertiary/aromatic N) is 4. The van der Waals surface area contributed by atoms with E-state index in [1.807, 2.05) is 25.4 Å². The van der Waals surface area contributed by atoms with Gasteiger partial charge in [0.05, 0.1) is 18.4 Å². The number of aryl methyl sites for hydroxylation is 1. The molecule has 0 saturated carbocycles. The molecule has 3 rings (SSSR count). The normalized spacial score (nSPS) is 20.1. The Morgan fingerprint density at radius 1 is 1.45 bits per heavy atom. The Bertz CT molecular complexity index is 584. The summed E-state index contributed by atoms with van der Waals surface area (Å²) < 4.78 is 7.51. The number of benzene rings is 1. The number of rotatable bonds is 3. The molecule has 6 nitrogen and oxygen atoms in total. The Balaban J connectivity index is 1.67. The van der Waals surface area contributed by atoms with Crippen LogP contribution in [0.5, 0.6) is 5.75 Å². The van der Waals surface area contributed by atoms with Crippen molar-refractivity contribution >= 4 is 0 Å². The summed E-state index contributed by atoms with van der Waals surface area (Å²) in [5.41, 5.74) is 1.97. The average molecular weight is 274 g/mol. The number of hydrogen-bond acceptors (Lipinski definition) is 5. The summed E-state index contributed by atoms with van der Waals surface area (Å²) in [5.74, 6) is 0.275. The monoisotopic (exact) mass is 274 g/mol. The molecule has 1 fully saturated rings. The highest BCUT2D eigenvalue weighted by molar-refractivity contribution is 5.29. The second-order valence-electron chi connectivity index (χ2n) is 5.07. The summed E-state index contributed by atoms with van der Waals surface area (Å²) >= 11 is 0. The van der Waals surface area contributed by atoms with Crippen molar-refractivity contribution in [2.24, 2.45) is 7.05 Å². The molecular weight excluding hydrogens is 256 g/mol. The van der Waals surface area contributed by atoms with Gasteiger partial charge in [-0.2, -0.15) is 0 Å². The lowest BCUT2D eigenvalue weighted by molar-refractivity contribution is -0.0333. The van der Waals surface area contributed by atoms with Crippen molar-refractivity contribution in [3.8, 4) is 5.75 Å². The van der Waals surface area contributed by atoms with Gasteiger partial charge in [-0.25, -0.2) is 0 Å². The third kappa shape index (κ3) is 2.97. The van der Waals surface area contributed by atoms with Crippen LogP contribution in [0, 0.1) is 0 Å². The van der Waals surface area contributed by atoms with Gasteiger partial charge in [0, 0.05) is 32.9 Å². The summed E-state index contributed by atoms with van der Waals surface area (Å²) in [6, 6.07) is 7.26. The zero-order valence-electron chi connectivity index (χ0n) is 11.4. The minimum Gasteiger partial charge on any atom is -0.508 e. The van der Waals surface area contributed by atoms with Crippen molar-refractivity contribution in [2.75, 3.05) is 19.7 Å². The summed E-state index contributed by atoms with van der Waals surface area (Å²) in [5, 5.41) is 17.6. The molecule has 1 atom stereocenters. The number of hydrogen-bond donors (Lipinski definition) is 1. The second-order valence-corrected chi connectivity index (χ2v) is 5.07. The fourth-order valence-electron chi connectivity index (χ4n) is 2.47. The molecular formula is C14H18N4O2. The summed E-state index contributed by atoms with van der Waals surface area (Å²) in [4.78, 5) is 2.29. The highest BCUT2D eigenvalue weighted by Gasteiger charge is 2.22. The van der Waals surface area contributed by atoms with Crippen molar-refractivity contribution in [1.29, 1.82) is 0 Å². The van der Waals surface area contributed by atoms with Gasteiger partial charge >= 0.3 is 0 Å². The molecule has 1 aromatic heterocycles. The first kappa shape index (κ1) is 13.1. The van der Waals surface area contributed by atoms with E-state index in [1.165, 1.54) is 0 Å². The first-order valence-corrected chi connectivity index (χ1v) is 6.69. The van der Waals surface area contributed by atoms with E-state index in [1.54, 1.807) is 16.8 Å². The molecule has 0 spiro atoms. The van der Waals surface area contributed by atoms with Gasteiger partial charge in [-0.05, 0) is 17.7 Å². The van der Waals surface area contributed by atoms with Crippen molar-refractivity contribution in [3.05, 3.63) is 41.7 Å². The Kier molecular flexibility index (Phi) is 3.66. The average Bonchev–Trinajstić information content (AvgIpc) is 2.84. The fraction of sp³-hybridized carbons (Fsp3) is 0.429. The van der Waals surface area contributed by atoms with Crippen molar-refractivity contribution in [1.82, 2.24) is 19.9 Å². The Morgan fingerprint density at radius 3 is 3.10 bits per heavy atom. The van der Waals surface area contributed by atoms with Crippen LogP contribution in [0.1, 0.15) is 17.4 Å². The van der Waals surface area contributed by atoms with Gasteiger partial charge in [-0.1, -0.05) is 17.3 Å². The molecule has 1 unspecified atom stereocenters. The molecule has 106 valence electrons. The van der Waals surface area contributed by atoms with E-state index in [2.05, 4.69) is 15.2 Å². The van der Waals surface area contributed by atoms with Crippen LogP contribution >= 0.6 is 0 Å². The van der Waals surface area contributed by atoms with Gasteiger partial charge < -0.3 is 9.84 Å². The number of aromatic hydroxyl groups is 1. The first-order valence-electron chi connectivity index (χ1n) is 6.69. The number of aromatic nitrogens is 3. The van der Waals surface area contributed by atoms with E-state index in [0.29, 0.717) is 6.61 Å². The van der Waals surface area contributed by atoms with Crippen LogP contribution in [-0.2, 0) is 18.3 Å². The minimum absolute atomic E-state index is 0.00692. The lowest BCUT2D eigenvalue weighted by Crippen LogP contribution is -2.37. The van der Waals surface area contributed by atoms with Crippen LogP contribution in [0.4, 0.5) is 0 Å². The van der Waals surface area contributed by atoms with Gasteiger partial charge in [0.1, 0.15) is 5.75 Å². The Labute approximate surface area is 117 Å². The first-order chi connectivity index (χ1) is 9.70. The summed E-state index contributed by atoms with van der Waals surface area (Å²) in [6.07, 6.45) is 1.92. The van der Waals surface area contributed by atoms with Gasteiger partial charge in [-0.15, -0.1) is 5.10 Å². The molecule has 20 heavy (non-hydrogen) atoms. The molecule has 0 amide bonds. The third-order valence-corrected chi connectivity index (χ3v) is 3.43. The molecule has 1 aliphatic heterocycles. The highest BCUT2D eigenvalue weighted by Crippen LogP contribution is 2.25. The maximum Gasteiger partial charge on any atom is 0.115 e. The van der Waals surface area contributed by atoms with Crippen LogP contribution in [0.2, 0.25) is 0 Å². The van der Waals surface area contributed by atoms with Crippen LogP contribution in [0.3, 0.4) is 0 Å². The molecule has 2 aromatic rings. The van der Waals surface area contributed by atoms with Gasteiger partial charge in [0.15, 0.2) is 0 Å². The maximum atomic E-state index is 9.56. The van der Waals surface area contributed by atoms with E-state index < -0.39 is 0 Å². The molecule has 2 heterocycles. The second kappa shape index (κ2) is 5.60. The van der Waals surface area contributed by atoms with Gasteiger partial charge in [-0.3, -0.25) is 9.58 Å². The van der Waals surface area contributed by atoms with E-state index in [0.717, 1.165) is 30.9 Å². The number of morpholine rings is 1. The molecule has 1 aromatic carbocycles. The molecule has 0 bridgehead atoms. The number of ether oxygens (including phenoxy) is 1. The number of phenolic OH excluding ortho intramolecular Hbond substituents is 1. The Morgan fingerprint density at radius 2 is 2.35 bits per heavy atom. The SMILES string of the molecule is Cn1cc(CN2CCOC(c3cccc(O)c3)C2)nn1. The van der Waals surface area contributed by atoms with Crippen LogP contribution < -0.4 is 0 Å². The molecule has 6 heteroatoms. The van der Waals surface area contributed by atoms with E-state index in [9.17, 15) is 5.11 Å². The summed E-state index contributed by atoms with van der Waals surface area (Å²) in [7, 11) is 1.87. The standard InChI is InChI=1S/C14H18N4O2/c1-17-8-12(15-16-17)9-18-5-6-20-14(10-18)11-3-2-4-13(19)7-11/h2-4,7-8,14,19H,5-6,9-10H2,1H3. The van der Waals surface area contributed by atoms with Crippen LogP contribution in [0.15, 0.2) is 30.5 Å². The van der Waals surface area contributed by atoms with E-state index in [4.69, 9.17) is 4.74 Å². The largest absolute Gasteiger partial charge is 0.508 e. The van der Waals surface area contributed by atoms with Gasteiger partial charge in [0.25, 0.3) is 0 Å². The van der Waals surface area contributed by atoms with Crippen molar-refractivity contribution in [2.45, 2.75) is 12.6 Å². The lowest BCUT2D eigenvalue weighted by Gasteiger charge is -2.32. The molecule has 1 saturated heterocycles. The molecule has 1 N–H and O–H groups in total. The quantitative estimate of drug-likeness (QED) is 0.908. The topological polar surface area (TPSA) is 63.4 Å². The van der Waals surface area contributed by atoms with Crippen LogP contribution in [0.25, 0.3) is 0 Å². The van der Waals surface area contributed by atoms with Crippen LogP contribution in [-0.4, -0.2) is 44.7 Å². The minimum atomic E-state index is -0.00692. The zero-order chi connectivity index (χ0) is 13.9. The predicted octanol–water partition coefficient (Wildman–Crippen LogP) is 1.09. The fourth-order valence-corrected chi connectivity index (χ4v) is 2.47.